The second-order valence-corrected chi connectivity index (χ2v) is 4.48. The molecule has 0 rings (SSSR count). The van der Waals surface area contributed by atoms with E-state index in [4.69, 9.17) is 31.9 Å². The summed E-state index contributed by atoms with van der Waals surface area (Å²) in [5.41, 5.74) is 10.1. The van der Waals surface area contributed by atoms with Gasteiger partial charge < -0.3 is 31.9 Å². The third-order valence-corrected chi connectivity index (χ3v) is 2.43. The molecule has 1 unspecified atom stereocenters. The van der Waals surface area contributed by atoms with Gasteiger partial charge >= 0.3 is 23.9 Å². The molecule has 0 saturated heterocycles. The van der Waals surface area contributed by atoms with Crippen LogP contribution in [0, 0.1) is 0 Å². The van der Waals surface area contributed by atoms with Crippen molar-refractivity contribution in [3.8, 4) is 0 Å². The number of rotatable bonds is 10. The van der Waals surface area contributed by atoms with E-state index in [1.807, 2.05) is 0 Å². The lowest BCUT2D eigenvalue weighted by molar-refractivity contribution is -0.144. The molecule has 0 aromatic rings. The van der Waals surface area contributed by atoms with Gasteiger partial charge in [0.1, 0.15) is 12.1 Å². The van der Waals surface area contributed by atoms with E-state index < -0.39 is 42.4 Å². The van der Waals surface area contributed by atoms with E-state index in [-0.39, 0.29) is 6.42 Å². The van der Waals surface area contributed by atoms with Gasteiger partial charge in [-0.25, -0.2) is 0 Å². The first kappa shape index (κ1) is 22.1. The normalized spacial score (nSPS) is 12.5. The van der Waals surface area contributed by atoms with Crippen LogP contribution in [-0.4, -0.2) is 56.4 Å². The Hall–Kier alpha value is -2.20. The zero-order chi connectivity index (χ0) is 17.7. The largest absolute Gasteiger partial charge is 0.481 e. The highest BCUT2D eigenvalue weighted by molar-refractivity contribution is 5.80. The molecule has 8 N–H and O–H groups in total. The lowest BCUT2D eigenvalue weighted by Crippen LogP contribution is -2.32. The van der Waals surface area contributed by atoms with Crippen molar-refractivity contribution in [2.75, 3.05) is 0 Å². The molecule has 10 heteroatoms. The summed E-state index contributed by atoms with van der Waals surface area (Å²) >= 11 is 0. The maximum atomic E-state index is 10.3. The molecule has 0 amide bonds. The van der Waals surface area contributed by atoms with Gasteiger partial charge in [0.05, 0.1) is 6.42 Å². The zero-order valence-corrected chi connectivity index (χ0v) is 12.0. The molecule has 2 atom stereocenters. The average Bonchev–Trinajstić information content (AvgIpc) is 2.37. The maximum Gasteiger partial charge on any atom is 0.321 e. The lowest BCUT2D eigenvalue weighted by Gasteiger charge is -2.04. The van der Waals surface area contributed by atoms with Crippen LogP contribution in [0.3, 0.4) is 0 Å². The molecule has 10 nitrogen and oxygen atoms in total. The molecule has 0 saturated carbocycles. The molecule has 22 heavy (non-hydrogen) atoms. The van der Waals surface area contributed by atoms with Crippen molar-refractivity contribution in [2.45, 2.75) is 50.6 Å². The molecule has 0 aromatic carbocycles. The number of nitrogens with two attached hydrogens (primary N) is 2. The highest BCUT2D eigenvalue weighted by atomic mass is 16.4. The SMILES string of the molecule is NC(CCCCCC(=O)O)C(=O)O.N[C@@H](CC(=O)O)C(=O)O. The monoisotopic (exact) mass is 322 g/mol. The van der Waals surface area contributed by atoms with Crippen molar-refractivity contribution in [2.24, 2.45) is 11.5 Å². The van der Waals surface area contributed by atoms with Crippen molar-refractivity contribution < 1.29 is 39.6 Å². The van der Waals surface area contributed by atoms with Gasteiger partial charge in [0.15, 0.2) is 0 Å². The van der Waals surface area contributed by atoms with E-state index >= 15 is 0 Å². The maximum absolute atomic E-state index is 10.3. The van der Waals surface area contributed by atoms with Gasteiger partial charge in [-0.3, -0.25) is 19.2 Å². The predicted octanol–water partition coefficient (Wildman–Crippen LogP) is -0.694. The van der Waals surface area contributed by atoms with E-state index in [9.17, 15) is 19.2 Å². The first-order valence-electron chi connectivity index (χ1n) is 6.48. The van der Waals surface area contributed by atoms with Crippen LogP contribution in [0.5, 0.6) is 0 Å². The highest BCUT2D eigenvalue weighted by Gasteiger charge is 2.14. The Labute approximate surface area is 126 Å². The quantitative estimate of drug-likeness (QED) is 0.279. The summed E-state index contributed by atoms with van der Waals surface area (Å²) in [6.45, 7) is 0. The third kappa shape index (κ3) is 15.9. The minimum atomic E-state index is -1.29. The van der Waals surface area contributed by atoms with Crippen LogP contribution in [0.1, 0.15) is 38.5 Å². The lowest BCUT2D eigenvalue weighted by atomic mass is 10.1. The van der Waals surface area contributed by atoms with Crippen LogP contribution < -0.4 is 11.5 Å². The van der Waals surface area contributed by atoms with Gasteiger partial charge in [0, 0.05) is 6.42 Å². The van der Waals surface area contributed by atoms with Crippen molar-refractivity contribution in [3.05, 3.63) is 0 Å². The molecule has 0 aliphatic heterocycles. The van der Waals surface area contributed by atoms with Crippen LogP contribution in [0.4, 0.5) is 0 Å². The Bertz CT molecular complexity index is 385. The number of hydrogen-bond acceptors (Lipinski definition) is 6. The minimum absolute atomic E-state index is 0.141. The first-order chi connectivity index (χ1) is 10.1. The van der Waals surface area contributed by atoms with E-state index in [2.05, 4.69) is 0 Å². The molecule has 0 heterocycles. The van der Waals surface area contributed by atoms with Gasteiger partial charge in [-0.2, -0.15) is 0 Å². The fourth-order valence-corrected chi connectivity index (χ4v) is 1.22. The van der Waals surface area contributed by atoms with E-state index in [0.717, 1.165) is 0 Å². The van der Waals surface area contributed by atoms with Gasteiger partial charge in [0.2, 0.25) is 0 Å². The Morgan fingerprint density at radius 2 is 1.23 bits per heavy atom. The standard InChI is InChI=1S/C8H15NO4.C4H7NO4/c9-6(8(12)13)4-2-1-3-5-7(10)11;5-2(4(8)9)1-3(6)7/h6H,1-5,9H2,(H,10,11)(H,12,13);2H,1,5H2,(H,6,7)(H,8,9)/t;2-/m.0/s1. The first-order valence-corrected chi connectivity index (χ1v) is 6.48. The number of hydrogen-bond donors (Lipinski definition) is 6. The third-order valence-electron chi connectivity index (χ3n) is 2.43. The zero-order valence-electron chi connectivity index (χ0n) is 12.0. The van der Waals surface area contributed by atoms with Gasteiger partial charge in [-0.1, -0.05) is 12.8 Å². The van der Waals surface area contributed by atoms with E-state index in [0.29, 0.717) is 25.7 Å². The summed E-state index contributed by atoms with van der Waals surface area (Å²) < 4.78 is 0. The molecular weight excluding hydrogens is 300 g/mol. The summed E-state index contributed by atoms with van der Waals surface area (Å²) in [5, 5.41) is 32.7. The number of carboxylic acid groups (broad SMARTS) is 4. The van der Waals surface area contributed by atoms with Crippen LogP contribution in [0.15, 0.2) is 0 Å². The Kier molecular flexibility index (Phi) is 12.6. The van der Waals surface area contributed by atoms with Crippen LogP contribution in [0.25, 0.3) is 0 Å². The van der Waals surface area contributed by atoms with Gasteiger partial charge in [-0.05, 0) is 12.8 Å². The molecule has 0 aliphatic rings. The molecule has 128 valence electrons. The summed E-state index contributed by atoms with van der Waals surface area (Å²) in [6.07, 6.45) is 1.99. The second-order valence-electron chi connectivity index (χ2n) is 4.48. The molecule has 0 spiro atoms. The van der Waals surface area contributed by atoms with Crippen molar-refractivity contribution in [1.29, 1.82) is 0 Å². The molecular formula is C12H22N2O8. The second kappa shape index (κ2) is 12.5. The summed E-state index contributed by atoms with van der Waals surface area (Å²) in [6, 6.07) is -2.10. The summed E-state index contributed by atoms with van der Waals surface area (Å²) in [7, 11) is 0. The Balaban J connectivity index is 0. The molecule has 0 radical (unpaired) electrons. The van der Waals surface area contributed by atoms with Crippen LogP contribution >= 0.6 is 0 Å². The van der Waals surface area contributed by atoms with Gasteiger partial charge in [-0.15, -0.1) is 0 Å². The van der Waals surface area contributed by atoms with E-state index in [1.54, 1.807) is 0 Å². The molecule has 0 aliphatic carbocycles. The smallest absolute Gasteiger partial charge is 0.321 e. The van der Waals surface area contributed by atoms with E-state index in [1.165, 1.54) is 0 Å². The molecule has 0 bridgehead atoms. The number of aliphatic carboxylic acids is 4. The molecule has 0 fully saturated rings. The minimum Gasteiger partial charge on any atom is -0.481 e. The fraction of sp³-hybridized carbons (Fsp3) is 0.667. The van der Waals surface area contributed by atoms with Gasteiger partial charge in [0.25, 0.3) is 0 Å². The summed E-state index contributed by atoms with van der Waals surface area (Å²) in [5.74, 6) is -4.32. The Morgan fingerprint density at radius 1 is 0.727 bits per heavy atom. The highest BCUT2D eigenvalue weighted by Crippen LogP contribution is 2.04. The van der Waals surface area contributed by atoms with Crippen molar-refractivity contribution in [3.63, 3.8) is 0 Å². The Morgan fingerprint density at radius 3 is 1.55 bits per heavy atom. The average molecular weight is 322 g/mol. The number of unbranched alkanes of at least 4 members (excludes halogenated alkanes) is 2. The number of carbonyl (C=O) groups is 4. The predicted molar refractivity (Wildman–Crippen MR) is 74.2 cm³/mol. The summed E-state index contributed by atoms with van der Waals surface area (Å²) in [4.78, 5) is 40.0. The van der Waals surface area contributed by atoms with Crippen molar-refractivity contribution in [1.82, 2.24) is 0 Å². The van der Waals surface area contributed by atoms with Crippen molar-refractivity contribution >= 4 is 23.9 Å². The fourth-order valence-electron chi connectivity index (χ4n) is 1.22. The topological polar surface area (TPSA) is 201 Å². The van der Waals surface area contributed by atoms with Crippen LogP contribution in [0.2, 0.25) is 0 Å². The van der Waals surface area contributed by atoms with Crippen LogP contribution in [-0.2, 0) is 19.2 Å². The number of carboxylic acids is 4. The molecule has 0 aromatic heterocycles.